The summed E-state index contributed by atoms with van der Waals surface area (Å²) >= 11 is 8.99. The number of nitrogens with zero attached hydrogens (tertiary/aromatic N) is 4. The second-order valence-electron chi connectivity index (χ2n) is 6.42. The van der Waals surface area contributed by atoms with Gasteiger partial charge in [0.1, 0.15) is 5.82 Å². The van der Waals surface area contributed by atoms with Crippen molar-refractivity contribution in [1.29, 1.82) is 0 Å². The minimum atomic E-state index is 0.206. The quantitative estimate of drug-likeness (QED) is 0.633. The van der Waals surface area contributed by atoms with Crippen LogP contribution in [0.3, 0.4) is 0 Å². The molecule has 1 aliphatic heterocycles. The molecule has 140 valence electrons. The maximum absolute atomic E-state index is 12.4. The van der Waals surface area contributed by atoms with E-state index in [2.05, 4.69) is 14.3 Å². The maximum atomic E-state index is 12.4. The zero-order valence-corrected chi connectivity index (χ0v) is 17.1. The number of carbonyl (C=O) groups is 1. The molecule has 3 aromatic rings. The second-order valence-corrected chi connectivity index (χ2v) is 8.62. The molecule has 0 radical (unpaired) electrons. The van der Waals surface area contributed by atoms with Crippen LogP contribution in [0.5, 0.6) is 0 Å². The smallest absolute Gasteiger partial charge is 0.227 e. The number of rotatable bonds is 5. The van der Waals surface area contributed by atoms with Crippen LogP contribution in [0.1, 0.15) is 16.3 Å². The molecule has 1 fully saturated rings. The van der Waals surface area contributed by atoms with Crippen molar-refractivity contribution in [3.8, 4) is 0 Å². The van der Waals surface area contributed by atoms with Gasteiger partial charge in [0, 0.05) is 54.0 Å². The molecule has 2 aromatic heterocycles. The highest BCUT2D eigenvalue weighted by Gasteiger charge is 2.23. The van der Waals surface area contributed by atoms with E-state index in [1.54, 1.807) is 11.3 Å². The van der Waals surface area contributed by atoms with Gasteiger partial charge < -0.3 is 9.80 Å². The van der Waals surface area contributed by atoms with E-state index in [1.165, 1.54) is 11.5 Å². The minimum absolute atomic E-state index is 0.206. The Kier molecular flexibility index (Phi) is 5.71. The highest BCUT2D eigenvalue weighted by Crippen LogP contribution is 2.21. The molecule has 4 rings (SSSR count). The number of piperazine rings is 1. The number of halogens is 1. The summed E-state index contributed by atoms with van der Waals surface area (Å²) in [6, 6.07) is 11.8. The molecular formula is C19H19ClN4OS2. The first-order chi connectivity index (χ1) is 13.2. The van der Waals surface area contributed by atoms with E-state index in [-0.39, 0.29) is 5.91 Å². The van der Waals surface area contributed by atoms with Crippen LogP contribution in [0.4, 0.5) is 5.13 Å². The van der Waals surface area contributed by atoms with Crippen molar-refractivity contribution in [2.75, 3.05) is 31.1 Å². The van der Waals surface area contributed by atoms with E-state index in [4.69, 9.17) is 11.6 Å². The monoisotopic (exact) mass is 418 g/mol. The highest BCUT2D eigenvalue weighted by atomic mass is 35.5. The van der Waals surface area contributed by atoms with Gasteiger partial charge in [0.25, 0.3) is 0 Å². The molecule has 3 heterocycles. The van der Waals surface area contributed by atoms with Gasteiger partial charge in [-0.25, -0.2) is 4.98 Å². The third-order valence-corrected chi connectivity index (χ3v) is 6.48. The van der Waals surface area contributed by atoms with Gasteiger partial charge in [-0.2, -0.15) is 4.37 Å². The van der Waals surface area contributed by atoms with E-state index in [1.807, 2.05) is 46.7 Å². The van der Waals surface area contributed by atoms with E-state index < -0.39 is 0 Å². The lowest BCUT2D eigenvalue weighted by Gasteiger charge is -2.34. The molecule has 0 N–H and O–H groups in total. The van der Waals surface area contributed by atoms with Crippen molar-refractivity contribution < 1.29 is 4.79 Å². The number of amides is 1. The fourth-order valence-corrected chi connectivity index (χ4v) is 4.61. The fourth-order valence-electron chi connectivity index (χ4n) is 3.05. The predicted octanol–water partition coefficient (Wildman–Crippen LogP) is 3.74. The van der Waals surface area contributed by atoms with E-state index in [0.29, 0.717) is 12.8 Å². The summed E-state index contributed by atoms with van der Waals surface area (Å²) in [7, 11) is 0. The average Bonchev–Trinajstić information content (AvgIpc) is 3.36. The molecule has 0 bridgehead atoms. The molecule has 1 aromatic carbocycles. The zero-order valence-electron chi connectivity index (χ0n) is 14.7. The number of benzene rings is 1. The molecule has 0 aliphatic carbocycles. The lowest BCUT2D eigenvalue weighted by Crippen LogP contribution is -2.49. The predicted molar refractivity (Wildman–Crippen MR) is 111 cm³/mol. The molecule has 27 heavy (non-hydrogen) atoms. The Balaban J connectivity index is 1.31. The van der Waals surface area contributed by atoms with E-state index in [0.717, 1.165) is 52.6 Å². The molecule has 1 saturated heterocycles. The highest BCUT2D eigenvalue weighted by molar-refractivity contribution is 7.10. The van der Waals surface area contributed by atoms with Gasteiger partial charge in [0.05, 0.1) is 6.42 Å². The number of thiophene rings is 1. The Morgan fingerprint density at radius 1 is 1.11 bits per heavy atom. The summed E-state index contributed by atoms with van der Waals surface area (Å²) in [6.07, 6.45) is 1.20. The standard InChI is InChI=1S/C19H19ClN4OS2/c20-15-5-3-14(4-6-15)12-17-21-19(27-22-17)24-9-7-23(8-10-24)18(25)13-16-2-1-11-26-16/h1-6,11H,7-10,12-13H2. The van der Waals surface area contributed by atoms with Crippen LogP contribution < -0.4 is 4.90 Å². The second kappa shape index (κ2) is 8.37. The summed E-state index contributed by atoms with van der Waals surface area (Å²) in [6.45, 7) is 3.06. The first kappa shape index (κ1) is 18.4. The van der Waals surface area contributed by atoms with Crippen molar-refractivity contribution in [3.63, 3.8) is 0 Å². The number of anilines is 1. The Morgan fingerprint density at radius 2 is 1.89 bits per heavy atom. The van der Waals surface area contributed by atoms with Crippen molar-refractivity contribution in [1.82, 2.24) is 14.3 Å². The molecule has 0 spiro atoms. The molecule has 0 unspecified atom stereocenters. The molecule has 0 saturated carbocycles. The largest absolute Gasteiger partial charge is 0.343 e. The van der Waals surface area contributed by atoms with Gasteiger partial charge in [-0.3, -0.25) is 4.79 Å². The summed E-state index contributed by atoms with van der Waals surface area (Å²) < 4.78 is 4.49. The number of hydrogen-bond acceptors (Lipinski definition) is 6. The molecule has 5 nitrogen and oxygen atoms in total. The maximum Gasteiger partial charge on any atom is 0.227 e. The number of carbonyl (C=O) groups excluding carboxylic acids is 1. The average molecular weight is 419 g/mol. The fraction of sp³-hybridized carbons (Fsp3) is 0.316. The summed E-state index contributed by atoms with van der Waals surface area (Å²) in [5, 5.41) is 3.68. The Hall–Kier alpha value is -1.96. The van der Waals surface area contributed by atoms with Crippen molar-refractivity contribution >= 4 is 45.5 Å². The number of aromatic nitrogens is 2. The molecule has 0 atom stereocenters. The Bertz CT molecular complexity index is 887. The molecule has 8 heteroatoms. The van der Waals surface area contributed by atoms with Crippen LogP contribution in [0.15, 0.2) is 41.8 Å². The lowest BCUT2D eigenvalue weighted by atomic mass is 10.1. The van der Waals surface area contributed by atoms with Gasteiger partial charge in [-0.1, -0.05) is 29.8 Å². The third-order valence-electron chi connectivity index (χ3n) is 4.54. The molecule has 1 aliphatic rings. The summed E-state index contributed by atoms with van der Waals surface area (Å²) in [4.78, 5) is 22.4. The number of hydrogen-bond donors (Lipinski definition) is 0. The molecule has 1 amide bonds. The van der Waals surface area contributed by atoms with Gasteiger partial charge in [0.15, 0.2) is 0 Å². The van der Waals surface area contributed by atoms with Crippen LogP contribution in [0.25, 0.3) is 0 Å². The topological polar surface area (TPSA) is 49.3 Å². The van der Waals surface area contributed by atoms with Crippen LogP contribution in [-0.2, 0) is 17.6 Å². The van der Waals surface area contributed by atoms with Gasteiger partial charge in [-0.15, -0.1) is 11.3 Å². The van der Waals surface area contributed by atoms with Crippen molar-refractivity contribution in [2.24, 2.45) is 0 Å². The summed E-state index contributed by atoms with van der Waals surface area (Å²) in [5.74, 6) is 1.03. The minimum Gasteiger partial charge on any atom is -0.343 e. The van der Waals surface area contributed by atoms with Gasteiger partial charge >= 0.3 is 0 Å². The first-order valence-corrected chi connectivity index (χ1v) is 10.8. The normalized spacial score (nSPS) is 14.6. The summed E-state index contributed by atoms with van der Waals surface area (Å²) in [5.41, 5.74) is 1.15. The Labute approximate surface area is 171 Å². The van der Waals surface area contributed by atoms with Gasteiger partial charge in [-0.05, 0) is 29.1 Å². The molecular weight excluding hydrogens is 400 g/mol. The van der Waals surface area contributed by atoms with Crippen LogP contribution in [0.2, 0.25) is 5.02 Å². The van der Waals surface area contributed by atoms with E-state index in [9.17, 15) is 4.79 Å². The van der Waals surface area contributed by atoms with Gasteiger partial charge in [0.2, 0.25) is 11.0 Å². The Morgan fingerprint density at radius 3 is 2.59 bits per heavy atom. The van der Waals surface area contributed by atoms with Crippen molar-refractivity contribution in [3.05, 3.63) is 63.1 Å². The zero-order chi connectivity index (χ0) is 18.6. The van der Waals surface area contributed by atoms with Crippen LogP contribution >= 0.6 is 34.5 Å². The van der Waals surface area contributed by atoms with Crippen molar-refractivity contribution in [2.45, 2.75) is 12.8 Å². The lowest BCUT2D eigenvalue weighted by molar-refractivity contribution is -0.130. The SMILES string of the molecule is O=C(Cc1cccs1)N1CCN(c2nc(Cc3ccc(Cl)cc3)ns2)CC1. The van der Waals surface area contributed by atoms with E-state index >= 15 is 0 Å². The van der Waals surface area contributed by atoms with Crippen LogP contribution in [0, 0.1) is 0 Å². The third kappa shape index (κ3) is 4.66. The van der Waals surface area contributed by atoms with Crippen LogP contribution in [-0.4, -0.2) is 46.3 Å². The first-order valence-electron chi connectivity index (χ1n) is 8.79.